The number of nitrogens with zero attached hydrogens (tertiary/aromatic N) is 1. The van der Waals surface area contributed by atoms with Gasteiger partial charge in [-0.25, -0.2) is 8.42 Å². The first-order chi connectivity index (χ1) is 14.8. The zero-order chi connectivity index (χ0) is 22.3. The summed E-state index contributed by atoms with van der Waals surface area (Å²) in [6.07, 6.45) is 6.92. The Labute approximate surface area is 193 Å². The van der Waals surface area contributed by atoms with Gasteiger partial charge >= 0.3 is 0 Å². The second kappa shape index (κ2) is 10.9. The van der Waals surface area contributed by atoms with Crippen LogP contribution in [0.2, 0.25) is 5.02 Å². The van der Waals surface area contributed by atoms with Crippen LogP contribution < -0.4 is 10.6 Å². The molecule has 1 heterocycles. The van der Waals surface area contributed by atoms with Crippen LogP contribution in [-0.4, -0.2) is 36.8 Å². The average molecular weight is 478 g/mol. The minimum Gasteiger partial charge on any atom is -0.332 e. The predicted octanol–water partition coefficient (Wildman–Crippen LogP) is 4.43. The quantitative estimate of drug-likeness (QED) is 0.492. The number of hydrogen-bond acceptors (Lipinski definition) is 4. The van der Waals surface area contributed by atoms with Crippen LogP contribution in [0.3, 0.4) is 0 Å². The summed E-state index contributed by atoms with van der Waals surface area (Å²) in [4.78, 5) is 12.3. The van der Waals surface area contributed by atoms with Crippen molar-refractivity contribution in [1.29, 1.82) is 0 Å². The van der Waals surface area contributed by atoms with Crippen LogP contribution in [-0.2, 0) is 14.8 Å². The summed E-state index contributed by atoms with van der Waals surface area (Å²) < 4.78 is 27.2. The Morgan fingerprint density at radius 3 is 2.19 bits per heavy atom. The van der Waals surface area contributed by atoms with Crippen molar-refractivity contribution in [3.8, 4) is 0 Å². The standard InChI is InChI=1S/C22H24ClN3O3S2/c23-18-8-5-17(6-9-18)7-14-21(27)25-22(30)24-19-10-12-20(13-11-19)31(28,29)26-15-3-1-2-4-16-26/h5-14H,1-4,15-16H2,(H2,24,25,27,30)/b14-7+. The number of halogens is 1. The van der Waals surface area contributed by atoms with Gasteiger partial charge in [-0.15, -0.1) is 0 Å². The Hall–Kier alpha value is -2.26. The maximum absolute atomic E-state index is 12.8. The molecule has 6 nitrogen and oxygen atoms in total. The fourth-order valence-electron chi connectivity index (χ4n) is 3.20. The summed E-state index contributed by atoms with van der Waals surface area (Å²) in [5.74, 6) is -0.382. The number of sulfonamides is 1. The van der Waals surface area contributed by atoms with Crippen molar-refractivity contribution < 1.29 is 13.2 Å². The highest BCUT2D eigenvalue weighted by molar-refractivity contribution is 7.89. The van der Waals surface area contributed by atoms with Crippen LogP contribution >= 0.6 is 23.8 Å². The highest BCUT2D eigenvalue weighted by Crippen LogP contribution is 2.21. The van der Waals surface area contributed by atoms with E-state index >= 15 is 0 Å². The van der Waals surface area contributed by atoms with Crippen molar-refractivity contribution in [2.24, 2.45) is 0 Å². The van der Waals surface area contributed by atoms with Gasteiger partial charge in [0, 0.05) is 29.9 Å². The average Bonchev–Trinajstić information content (AvgIpc) is 3.04. The normalized spacial score (nSPS) is 15.4. The molecule has 1 amide bonds. The molecular formula is C22H24ClN3O3S2. The van der Waals surface area contributed by atoms with Crippen LogP contribution in [0.5, 0.6) is 0 Å². The van der Waals surface area contributed by atoms with E-state index in [1.807, 2.05) is 0 Å². The van der Waals surface area contributed by atoms with Crippen LogP contribution in [0.25, 0.3) is 6.08 Å². The van der Waals surface area contributed by atoms with Gasteiger partial charge in [-0.3, -0.25) is 10.1 Å². The molecule has 0 spiro atoms. The predicted molar refractivity (Wildman–Crippen MR) is 129 cm³/mol. The number of hydrogen-bond donors (Lipinski definition) is 2. The lowest BCUT2D eigenvalue weighted by molar-refractivity contribution is -0.115. The summed E-state index contributed by atoms with van der Waals surface area (Å²) in [6, 6.07) is 13.4. The van der Waals surface area contributed by atoms with Gasteiger partial charge < -0.3 is 5.32 Å². The van der Waals surface area contributed by atoms with Gasteiger partial charge in [0.05, 0.1) is 4.90 Å². The molecule has 2 N–H and O–H groups in total. The zero-order valence-electron chi connectivity index (χ0n) is 16.9. The van der Waals surface area contributed by atoms with Gasteiger partial charge in [-0.2, -0.15) is 4.31 Å². The SMILES string of the molecule is O=C(/C=C/c1ccc(Cl)cc1)NC(=S)Nc1ccc(S(=O)(=O)N2CCCCCC2)cc1. The van der Waals surface area contributed by atoms with Gasteiger partial charge in [0.1, 0.15) is 0 Å². The van der Waals surface area contributed by atoms with E-state index in [9.17, 15) is 13.2 Å². The second-order valence-corrected chi connectivity index (χ2v) is 9.95. The Kier molecular flexibility index (Phi) is 8.20. The molecule has 1 aliphatic rings. The van der Waals surface area contributed by atoms with Crippen LogP contribution in [0.4, 0.5) is 5.69 Å². The number of carbonyl (C=O) groups excluding carboxylic acids is 1. The first kappa shape index (κ1) is 23.4. The molecule has 2 aromatic carbocycles. The first-order valence-corrected chi connectivity index (χ1v) is 12.2. The van der Waals surface area contributed by atoms with Crippen molar-refractivity contribution in [1.82, 2.24) is 9.62 Å². The number of rotatable bonds is 5. The number of anilines is 1. The number of nitrogens with one attached hydrogen (secondary N) is 2. The van der Waals surface area contributed by atoms with Crippen LogP contribution in [0, 0.1) is 0 Å². The molecule has 1 saturated heterocycles. The number of carbonyl (C=O) groups is 1. The van der Waals surface area contributed by atoms with E-state index in [0.717, 1.165) is 31.2 Å². The van der Waals surface area contributed by atoms with E-state index in [1.165, 1.54) is 6.08 Å². The van der Waals surface area contributed by atoms with Gasteiger partial charge in [0.2, 0.25) is 15.9 Å². The maximum atomic E-state index is 12.8. The molecule has 0 bridgehead atoms. The molecule has 0 unspecified atom stereocenters. The Morgan fingerprint density at radius 1 is 0.968 bits per heavy atom. The minimum absolute atomic E-state index is 0.119. The summed E-state index contributed by atoms with van der Waals surface area (Å²) in [5, 5.41) is 6.18. The third-order valence-electron chi connectivity index (χ3n) is 4.85. The Balaban J connectivity index is 1.55. The molecule has 9 heteroatoms. The highest BCUT2D eigenvalue weighted by Gasteiger charge is 2.24. The summed E-state index contributed by atoms with van der Waals surface area (Å²) >= 11 is 11.0. The second-order valence-electron chi connectivity index (χ2n) is 7.17. The van der Waals surface area contributed by atoms with E-state index in [-0.39, 0.29) is 15.9 Å². The number of amides is 1. The molecule has 0 aromatic heterocycles. The van der Waals surface area contributed by atoms with Crippen molar-refractivity contribution in [2.45, 2.75) is 30.6 Å². The monoisotopic (exact) mass is 477 g/mol. The van der Waals surface area contributed by atoms with Gasteiger partial charge in [-0.05, 0) is 73.1 Å². The van der Waals surface area contributed by atoms with Crippen molar-refractivity contribution in [3.63, 3.8) is 0 Å². The maximum Gasteiger partial charge on any atom is 0.250 e. The van der Waals surface area contributed by atoms with E-state index < -0.39 is 10.0 Å². The lowest BCUT2D eigenvalue weighted by Crippen LogP contribution is -2.33. The molecule has 1 fully saturated rings. The molecule has 0 aliphatic carbocycles. The van der Waals surface area contributed by atoms with E-state index in [0.29, 0.717) is 23.8 Å². The zero-order valence-corrected chi connectivity index (χ0v) is 19.3. The summed E-state index contributed by atoms with van der Waals surface area (Å²) in [5.41, 5.74) is 1.42. The minimum atomic E-state index is -3.50. The molecule has 1 aliphatic heterocycles. The third kappa shape index (κ3) is 6.87. The topological polar surface area (TPSA) is 78.5 Å². The number of benzene rings is 2. The number of thiocarbonyl (C=S) groups is 1. The smallest absolute Gasteiger partial charge is 0.250 e. The van der Waals surface area contributed by atoms with Gasteiger partial charge in [-0.1, -0.05) is 36.6 Å². The molecule has 0 atom stereocenters. The molecule has 3 rings (SSSR count). The molecule has 164 valence electrons. The third-order valence-corrected chi connectivity index (χ3v) is 7.22. The van der Waals surface area contributed by atoms with Crippen molar-refractivity contribution in [3.05, 3.63) is 65.2 Å². The van der Waals surface area contributed by atoms with Crippen LogP contribution in [0.1, 0.15) is 31.2 Å². The highest BCUT2D eigenvalue weighted by atomic mass is 35.5. The first-order valence-electron chi connectivity index (χ1n) is 10.0. The van der Waals surface area contributed by atoms with Crippen molar-refractivity contribution >= 4 is 56.6 Å². The van der Waals surface area contributed by atoms with E-state index in [4.69, 9.17) is 23.8 Å². The Bertz CT molecular complexity index is 1040. The van der Waals surface area contributed by atoms with Crippen LogP contribution in [0.15, 0.2) is 59.5 Å². The van der Waals surface area contributed by atoms with E-state index in [2.05, 4.69) is 10.6 Å². The van der Waals surface area contributed by atoms with Gasteiger partial charge in [0.25, 0.3) is 0 Å². The molecule has 2 aromatic rings. The fraction of sp³-hybridized carbons (Fsp3) is 0.273. The lowest BCUT2D eigenvalue weighted by Gasteiger charge is -2.20. The summed E-state index contributed by atoms with van der Waals surface area (Å²) in [7, 11) is -3.50. The van der Waals surface area contributed by atoms with Gasteiger partial charge in [0.15, 0.2) is 5.11 Å². The molecule has 0 radical (unpaired) electrons. The summed E-state index contributed by atoms with van der Waals surface area (Å²) in [6.45, 7) is 1.12. The van der Waals surface area contributed by atoms with E-state index in [1.54, 1.807) is 58.9 Å². The van der Waals surface area contributed by atoms with Crippen molar-refractivity contribution in [2.75, 3.05) is 18.4 Å². The largest absolute Gasteiger partial charge is 0.332 e. The fourth-order valence-corrected chi connectivity index (χ4v) is 5.06. The molecule has 31 heavy (non-hydrogen) atoms. The Morgan fingerprint density at radius 2 is 1.58 bits per heavy atom. The lowest BCUT2D eigenvalue weighted by atomic mass is 10.2. The molecule has 0 saturated carbocycles. The molecular weight excluding hydrogens is 454 g/mol.